The van der Waals surface area contributed by atoms with E-state index in [0.717, 1.165) is 11.3 Å². The van der Waals surface area contributed by atoms with Gasteiger partial charge in [-0.3, -0.25) is 0 Å². The zero-order valence-corrected chi connectivity index (χ0v) is 11.3. The second-order valence-corrected chi connectivity index (χ2v) is 3.70. The van der Waals surface area contributed by atoms with Crippen molar-refractivity contribution in [3.63, 3.8) is 0 Å². The first-order valence-corrected chi connectivity index (χ1v) is 6.24. The van der Waals surface area contributed by atoms with Gasteiger partial charge in [-0.1, -0.05) is 12.1 Å². The van der Waals surface area contributed by atoms with Crippen LogP contribution in [0.1, 0.15) is 19.4 Å². The van der Waals surface area contributed by atoms with Crippen LogP contribution in [-0.2, 0) is 20.8 Å². The molecule has 0 saturated heterocycles. The summed E-state index contributed by atoms with van der Waals surface area (Å²) in [5, 5.41) is 0. The lowest BCUT2D eigenvalue weighted by molar-refractivity contribution is -0.169. The van der Waals surface area contributed by atoms with E-state index < -0.39 is 0 Å². The molecule has 1 aromatic rings. The summed E-state index contributed by atoms with van der Waals surface area (Å²) in [7, 11) is 1.65. The normalized spacial score (nSPS) is 10.9. The van der Waals surface area contributed by atoms with Crippen molar-refractivity contribution in [3.8, 4) is 5.75 Å². The van der Waals surface area contributed by atoms with Crippen molar-refractivity contribution in [2.75, 3.05) is 26.9 Å². The maximum Gasteiger partial charge on any atom is 0.180 e. The molecule has 0 N–H and O–H groups in total. The zero-order chi connectivity index (χ0) is 13.2. The largest absolute Gasteiger partial charge is 0.497 e. The minimum atomic E-state index is -0.279. The van der Waals surface area contributed by atoms with Gasteiger partial charge >= 0.3 is 0 Å². The van der Waals surface area contributed by atoms with Gasteiger partial charge in [0.15, 0.2) is 6.29 Å². The Kier molecular flexibility index (Phi) is 7.41. The lowest BCUT2D eigenvalue weighted by Crippen LogP contribution is -2.23. The van der Waals surface area contributed by atoms with Gasteiger partial charge in [0.05, 0.1) is 20.3 Å². The molecule has 102 valence electrons. The van der Waals surface area contributed by atoms with Crippen LogP contribution in [0.3, 0.4) is 0 Å². The molecule has 0 atom stereocenters. The van der Waals surface area contributed by atoms with Crippen LogP contribution < -0.4 is 4.74 Å². The van der Waals surface area contributed by atoms with Gasteiger partial charge in [-0.05, 0) is 31.5 Å². The molecule has 0 aliphatic heterocycles. The summed E-state index contributed by atoms with van der Waals surface area (Å²) >= 11 is 0. The number of ether oxygens (including phenoxy) is 4. The Morgan fingerprint density at radius 1 is 1.00 bits per heavy atom. The van der Waals surface area contributed by atoms with E-state index in [-0.39, 0.29) is 6.29 Å². The van der Waals surface area contributed by atoms with E-state index >= 15 is 0 Å². The second-order valence-electron chi connectivity index (χ2n) is 3.70. The van der Waals surface area contributed by atoms with E-state index in [4.69, 9.17) is 18.9 Å². The van der Waals surface area contributed by atoms with E-state index in [1.165, 1.54) is 0 Å². The third-order valence-corrected chi connectivity index (χ3v) is 2.39. The fourth-order valence-electron chi connectivity index (χ4n) is 1.51. The molecule has 0 bridgehead atoms. The maximum atomic E-state index is 5.57. The quantitative estimate of drug-likeness (QED) is 0.635. The number of hydrogen-bond donors (Lipinski definition) is 0. The summed E-state index contributed by atoms with van der Waals surface area (Å²) in [6.45, 7) is 6.10. The summed E-state index contributed by atoms with van der Waals surface area (Å²) in [6.07, 6.45) is -0.279. The third-order valence-electron chi connectivity index (χ3n) is 2.39. The van der Waals surface area contributed by atoms with Gasteiger partial charge in [0, 0.05) is 13.2 Å². The van der Waals surface area contributed by atoms with E-state index in [1.54, 1.807) is 7.11 Å². The van der Waals surface area contributed by atoms with Crippen LogP contribution in [0.5, 0.6) is 5.75 Å². The highest BCUT2D eigenvalue weighted by atomic mass is 16.7. The molecule has 0 unspecified atom stereocenters. The van der Waals surface area contributed by atoms with Gasteiger partial charge in [0.1, 0.15) is 5.75 Å². The van der Waals surface area contributed by atoms with Crippen LogP contribution in [0.25, 0.3) is 0 Å². The Morgan fingerprint density at radius 3 is 2.11 bits per heavy atom. The minimum absolute atomic E-state index is 0.279. The number of hydrogen-bond acceptors (Lipinski definition) is 4. The van der Waals surface area contributed by atoms with E-state index in [1.807, 2.05) is 38.1 Å². The Hall–Kier alpha value is -1.10. The highest BCUT2D eigenvalue weighted by Crippen LogP contribution is 2.12. The number of benzene rings is 1. The van der Waals surface area contributed by atoms with Crippen LogP contribution in [0.4, 0.5) is 0 Å². The first-order chi connectivity index (χ1) is 8.80. The topological polar surface area (TPSA) is 36.9 Å². The van der Waals surface area contributed by atoms with Crippen molar-refractivity contribution in [3.05, 3.63) is 29.8 Å². The molecule has 4 nitrogen and oxygen atoms in total. The van der Waals surface area contributed by atoms with Gasteiger partial charge in [-0.15, -0.1) is 0 Å². The summed E-state index contributed by atoms with van der Waals surface area (Å²) in [4.78, 5) is 0. The van der Waals surface area contributed by atoms with Crippen LogP contribution >= 0.6 is 0 Å². The fraction of sp³-hybridized carbons (Fsp3) is 0.571. The van der Waals surface area contributed by atoms with Gasteiger partial charge in [0.25, 0.3) is 0 Å². The van der Waals surface area contributed by atoms with Crippen molar-refractivity contribution in [1.29, 1.82) is 0 Å². The van der Waals surface area contributed by atoms with Crippen molar-refractivity contribution < 1.29 is 18.9 Å². The lowest BCUT2D eigenvalue weighted by Gasteiger charge is -2.16. The van der Waals surface area contributed by atoms with Gasteiger partial charge in [0.2, 0.25) is 0 Å². The molecule has 1 aromatic carbocycles. The summed E-state index contributed by atoms with van der Waals surface area (Å²) in [5.74, 6) is 0.847. The zero-order valence-electron chi connectivity index (χ0n) is 11.3. The molecule has 4 heteroatoms. The fourth-order valence-corrected chi connectivity index (χ4v) is 1.51. The SMILES string of the molecule is CCOC(COCc1ccc(OC)cc1)OCC. The third kappa shape index (κ3) is 5.49. The van der Waals surface area contributed by atoms with E-state index in [2.05, 4.69) is 0 Å². The molecule has 0 radical (unpaired) electrons. The molecular weight excluding hydrogens is 232 g/mol. The summed E-state index contributed by atoms with van der Waals surface area (Å²) < 4.78 is 21.4. The predicted molar refractivity (Wildman–Crippen MR) is 69.7 cm³/mol. The van der Waals surface area contributed by atoms with Crippen molar-refractivity contribution in [1.82, 2.24) is 0 Å². The smallest absolute Gasteiger partial charge is 0.180 e. The number of methoxy groups -OCH3 is 1. The maximum absolute atomic E-state index is 5.57. The Balaban J connectivity index is 2.30. The average molecular weight is 254 g/mol. The predicted octanol–water partition coefficient (Wildman–Crippen LogP) is 2.61. The molecule has 0 heterocycles. The Bertz CT molecular complexity index is 304. The number of rotatable bonds is 9. The van der Waals surface area contributed by atoms with Gasteiger partial charge in [-0.2, -0.15) is 0 Å². The molecule has 0 aromatic heterocycles. The first-order valence-electron chi connectivity index (χ1n) is 6.24. The molecule has 1 rings (SSSR count). The van der Waals surface area contributed by atoms with Crippen molar-refractivity contribution in [2.24, 2.45) is 0 Å². The molecular formula is C14H22O4. The summed E-state index contributed by atoms with van der Waals surface area (Å²) in [6, 6.07) is 7.80. The monoisotopic (exact) mass is 254 g/mol. The van der Waals surface area contributed by atoms with Crippen LogP contribution in [0.15, 0.2) is 24.3 Å². The van der Waals surface area contributed by atoms with E-state index in [9.17, 15) is 0 Å². The van der Waals surface area contributed by atoms with Gasteiger partial charge < -0.3 is 18.9 Å². The highest BCUT2D eigenvalue weighted by molar-refractivity contribution is 5.26. The minimum Gasteiger partial charge on any atom is -0.497 e. The molecule has 0 fully saturated rings. The van der Waals surface area contributed by atoms with Crippen molar-refractivity contribution >= 4 is 0 Å². The standard InChI is InChI=1S/C14H22O4/c1-4-17-14(18-5-2)11-16-10-12-6-8-13(15-3)9-7-12/h6-9,14H,4-5,10-11H2,1-3H3. The van der Waals surface area contributed by atoms with Crippen LogP contribution in [-0.4, -0.2) is 33.2 Å². The Labute approximate surface area is 109 Å². The lowest BCUT2D eigenvalue weighted by atomic mass is 10.2. The van der Waals surface area contributed by atoms with Crippen LogP contribution in [0, 0.1) is 0 Å². The average Bonchev–Trinajstić information content (AvgIpc) is 2.40. The molecule has 0 aliphatic rings. The first kappa shape index (κ1) is 15.0. The molecule has 0 aliphatic carbocycles. The van der Waals surface area contributed by atoms with Crippen molar-refractivity contribution in [2.45, 2.75) is 26.7 Å². The highest BCUT2D eigenvalue weighted by Gasteiger charge is 2.07. The molecule has 0 saturated carbocycles. The molecule has 0 amide bonds. The van der Waals surface area contributed by atoms with E-state index in [0.29, 0.717) is 26.4 Å². The molecule has 18 heavy (non-hydrogen) atoms. The van der Waals surface area contributed by atoms with Gasteiger partial charge in [-0.25, -0.2) is 0 Å². The summed E-state index contributed by atoms with van der Waals surface area (Å²) in [5.41, 5.74) is 1.10. The Morgan fingerprint density at radius 2 is 1.61 bits per heavy atom. The van der Waals surface area contributed by atoms with Crippen LogP contribution in [0.2, 0.25) is 0 Å². The molecule has 0 spiro atoms. The second kappa shape index (κ2) is 8.91.